The molecule has 6 heteroatoms. The molecule has 0 bridgehead atoms. The molecule has 1 atom stereocenters. The van der Waals surface area contributed by atoms with E-state index in [0.29, 0.717) is 19.3 Å². The van der Waals surface area contributed by atoms with Crippen molar-refractivity contribution >= 4 is 17.8 Å². The van der Waals surface area contributed by atoms with Gasteiger partial charge in [-0.15, -0.1) is 0 Å². The maximum Gasteiger partial charge on any atom is 0.326 e. The SMILES string of the molecule is CCCC(NC(=O)CCCC(=O)NC(C)C)C(=O)O. The number of rotatable bonds is 9. The van der Waals surface area contributed by atoms with Crippen LogP contribution in [0.25, 0.3) is 0 Å². The molecule has 0 radical (unpaired) electrons. The normalized spacial score (nSPS) is 12.0. The molecule has 0 aliphatic heterocycles. The number of carbonyl (C=O) groups is 3. The van der Waals surface area contributed by atoms with Gasteiger partial charge in [0.2, 0.25) is 11.8 Å². The summed E-state index contributed by atoms with van der Waals surface area (Å²) in [5.74, 6) is -1.43. The van der Waals surface area contributed by atoms with Crippen LogP contribution in [0.5, 0.6) is 0 Å². The van der Waals surface area contributed by atoms with Crippen LogP contribution in [0, 0.1) is 0 Å². The van der Waals surface area contributed by atoms with Gasteiger partial charge in [-0.2, -0.15) is 0 Å². The third-order valence-electron chi connectivity index (χ3n) is 2.47. The molecule has 0 saturated carbocycles. The van der Waals surface area contributed by atoms with Gasteiger partial charge in [-0.05, 0) is 26.7 Å². The van der Waals surface area contributed by atoms with Crippen LogP contribution >= 0.6 is 0 Å². The Morgan fingerprint density at radius 2 is 1.58 bits per heavy atom. The average Bonchev–Trinajstić information content (AvgIpc) is 2.27. The Bertz CT molecular complexity index is 316. The molecular formula is C13H24N2O4. The highest BCUT2D eigenvalue weighted by atomic mass is 16.4. The predicted molar refractivity (Wildman–Crippen MR) is 71.6 cm³/mol. The lowest BCUT2D eigenvalue weighted by atomic mass is 10.1. The van der Waals surface area contributed by atoms with Gasteiger partial charge in [0, 0.05) is 18.9 Å². The van der Waals surface area contributed by atoms with Crippen molar-refractivity contribution in [3.63, 3.8) is 0 Å². The quantitative estimate of drug-likeness (QED) is 0.584. The first-order valence-corrected chi connectivity index (χ1v) is 6.68. The molecule has 0 aromatic heterocycles. The van der Waals surface area contributed by atoms with E-state index < -0.39 is 12.0 Å². The van der Waals surface area contributed by atoms with Crippen molar-refractivity contribution in [2.75, 3.05) is 0 Å². The van der Waals surface area contributed by atoms with Crippen LogP contribution in [0.1, 0.15) is 52.9 Å². The Kier molecular flexibility index (Phi) is 8.57. The number of aliphatic carboxylic acids is 1. The lowest BCUT2D eigenvalue weighted by molar-refractivity contribution is -0.142. The number of carbonyl (C=O) groups excluding carboxylic acids is 2. The van der Waals surface area contributed by atoms with Crippen molar-refractivity contribution in [2.45, 2.75) is 65.0 Å². The number of hydrogen-bond acceptors (Lipinski definition) is 3. The fraction of sp³-hybridized carbons (Fsp3) is 0.769. The van der Waals surface area contributed by atoms with Crippen LogP contribution in [0.15, 0.2) is 0 Å². The number of carboxylic acid groups (broad SMARTS) is 1. The second-order valence-electron chi connectivity index (χ2n) is 4.82. The number of carboxylic acids is 1. The fourth-order valence-electron chi connectivity index (χ4n) is 1.62. The second-order valence-corrected chi connectivity index (χ2v) is 4.82. The van der Waals surface area contributed by atoms with Gasteiger partial charge in [0.15, 0.2) is 0 Å². The van der Waals surface area contributed by atoms with Crippen molar-refractivity contribution in [1.82, 2.24) is 10.6 Å². The van der Waals surface area contributed by atoms with Crippen molar-refractivity contribution in [3.8, 4) is 0 Å². The van der Waals surface area contributed by atoms with Gasteiger partial charge in [-0.3, -0.25) is 9.59 Å². The minimum atomic E-state index is -1.02. The summed E-state index contributed by atoms with van der Waals surface area (Å²) >= 11 is 0. The minimum Gasteiger partial charge on any atom is -0.480 e. The van der Waals surface area contributed by atoms with E-state index in [0.717, 1.165) is 0 Å². The second kappa shape index (κ2) is 9.35. The predicted octanol–water partition coefficient (Wildman–Crippen LogP) is 1.05. The molecule has 0 saturated heterocycles. The highest BCUT2D eigenvalue weighted by Crippen LogP contribution is 2.00. The maximum absolute atomic E-state index is 11.5. The summed E-state index contributed by atoms with van der Waals surface area (Å²) in [7, 11) is 0. The Morgan fingerprint density at radius 1 is 1.05 bits per heavy atom. The molecule has 0 aromatic rings. The van der Waals surface area contributed by atoms with E-state index in [1.807, 2.05) is 20.8 Å². The summed E-state index contributed by atoms with van der Waals surface area (Å²) in [6, 6.07) is -0.746. The van der Waals surface area contributed by atoms with E-state index in [-0.39, 0.29) is 30.7 Å². The molecule has 6 nitrogen and oxygen atoms in total. The van der Waals surface area contributed by atoms with Gasteiger partial charge in [-0.25, -0.2) is 4.79 Å². The van der Waals surface area contributed by atoms with Crippen LogP contribution in [0.2, 0.25) is 0 Å². The summed E-state index contributed by atoms with van der Waals surface area (Å²) in [6.07, 6.45) is 1.96. The van der Waals surface area contributed by atoms with E-state index in [1.165, 1.54) is 0 Å². The summed E-state index contributed by atoms with van der Waals surface area (Å²) < 4.78 is 0. The third-order valence-corrected chi connectivity index (χ3v) is 2.47. The molecule has 0 heterocycles. The highest BCUT2D eigenvalue weighted by molar-refractivity contribution is 5.84. The van der Waals surface area contributed by atoms with Crippen molar-refractivity contribution in [1.29, 1.82) is 0 Å². The molecule has 0 aromatic carbocycles. The average molecular weight is 272 g/mol. The molecular weight excluding hydrogens is 248 g/mol. The van der Waals surface area contributed by atoms with Gasteiger partial charge in [-0.1, -0.05) is 13.3 Å². The standard InChI is InChI=1S/C13H24N2O4/c1-4-6-10(13(18)19)15-12(17)8-5-7-11(16)14-9(2)3/h9-10H,4-8H2,1-3H3,(H,14,16)(H,15,17)(H,18,19). The smallest absolute Gasteiger partial charge is 0.326 e. The zero-order valence-corrected chi connectivity index (χ0v) is 11.9. The largest absolute Gasteiger partial charge is 0.480 e. The van der Waals surface area contributed by atoms with E-state index >= 15 is 0 Å². The van der Waals surface area contributed by atoms with Gasteiger partial charge in [0.05, 0.1) is 0 Å². The molecule has 2 amide bonds. The Morgan fingerprint density at radius 3 is 2.00 bits per heavy atom. The zero-order chi connectivity index (χ0) is 14.8. The monoisotopic (exact) mass is 272 g/mol. The topological polar surface area (TPSA) is 95.5 Å². The molecule has 19 heavy (non-hydrogen) atoms. The molecule has 0 fully saturated rings. The zero-order valence-electron chi connectivity index (χ0n) is 11.9. The van der Waals surface area contributed by atoms with Crippen LogP contribution < -0.4 is 10.6 Å². The van der Waals surface area contributed by atoms with Crippen molar-refractivity contribution in [3.05, 3.63) is 0 Å². The van der Waals surface area contributed by atoms with E-state index in [4.69, 9.17) is 5.11 Å². The Labute approximate surface area is 113 Å². The van der Waals surface area contributed by atoms with Gasteiger partial charge in [0.1, 0.15) is 6.04 Å². The Balaban J connectivity index is 3.91. The van der Waals surface area contributed by atoms with Crippen molar-refractivity contribution in [2.24, 2.45) is 0 Å². The number of hydrogen-bond donors (Lipinski definition) is 3. The maximum atomic E-state index is 11.5. The van der Waals surface area contributed by atoms with Gasteiger partial charge in [0.25, 0.3) is 0 Å². The summed E-state index contributed by atoms with van der Waals surface area (Å²) in [6.45, 7) is 5.60. The molecule has 3 N–H and O–H groups in total. The van der Waals surface area contributed by atoms with E-state index in [1.54, 1.807) is 0 Å². The van der Waals surface area contributed by atoms with E-state index in [2.05, 4.69) is 10.6 Å². The summed E-state index contributed by atoms with van der Waals surface area (Å²) in [4.78, 5) is 33.7. The van der Waals surface area contributed by atoms with Crippen molar-refractivity contribution < 1.29 is 19.5 Å². The molecule has 0 rings (SSSR count). The Hall–Kier alpha value is -1.59. The lowest BCUT2D eigenvalue weighted by Gasteiger charge is -2.13. The third kappa shape index (κ3) is 9.04. The van der Waals surface area contributed by atoms with E-state index in [9.17, 15) is 14.4 Å². The number of amides is 2. The first kappa shape index (κ1) is 17.4. The van der Waals surface area contributed by atoms with Crippen LogP contribution in [0.4, 0.5) is 0 Å². The number of nitrogens with one attached hydrogen (secondary N) is 2. The molecule has 1 unspecified atom stereocenters. The summed E-state index contributed by atoms with van der Waals surface area (Å²) in [5, 5.41) is 14.1. The van der Waals surface area contributed by atoms with Crippen LogP contribution in [-0.2, 0) is 14.4 Å². The lowest BCUT2D eigenvalue weighted by Crippen LogP contribution is -2.40. The first-order chi connectivity index (χ1) is 8.86. The van der Waals surface area contributed by atoms with Gasteiger partial charge < -0.3 is 15.7 Å². The molecule has 110 valence electrons. The highest BCUT2D eigenvalue weighted by Gasteiger charge is 2.18. The first-order valence-electron chi connectivity index (χ1n) is 6.68. The molecule has 0 spiro atoms. The molecule has 0 aliphatic carbocycles. The van der Waals surface area contributed by atoms with Gasteiger partial charge >= 0.3 is 5.97 Å². The summed E-state index contributed by atoms with van der Waals surface area (Å²) in [5.41, 5.74) is 0. The van der Waals surface area contributed by atoms with Crippen LogP contribution in [0.3, 0.4) is 0 Å². The van der Waals surface area contributed by atoms with Crippen LogP contribution in [-0.4, -0.2) is 35.0 Å². The minimum absolute atomic E-state index is 0.0854. The molecule has 0 aliphatic rings. The fourth-order valence-corrected chi connectivity index (χ4v) is 1.62.